The van der Waals surface area contributed by atoms with Crippen molar-refractivity contribution in [1.29, 1.82) is 0 Å². The lowest BCUT2D eigenvalue weighted by atomic mass is 10.3. The van der Waals surface area contributed by atoms with Crippen LogP contribution in [0.2, 0.25) is 0 Å². The van der Waals surface area contributed by atoms with Crippen molar-refractivity contribution in [3.8, 4) is 0 Å². The van der Waals surface area contributed by atoms with Gasteiger partial charge in [-0.3, -0.25) is 0 Å². The summed E-state index contributed by atoms with van der Waals surface area (Å²) in [7, 11) is 0. The van der Waals surface area contributed by atoms with Gasteiger partial charge >= 0.3 is 0 Å². The Kier molecular flexibility index (Phi) is 5.45. The predicted molar refractivity (Wildman–Crippen MR) is 53.7 cm³/mol. The summed E-state index contributed by atoms with van der Waals surface area (Å²) in [6.07, 6.45) is 5.67. The number of alkyl halides is 1. The molecule has 0 saturated carbocycles. The second kappa shape index (κ2) is 6.80. The molecule has 3 nitrogen and oxygen atoms in total. The molecule has 0 atom stereocenters. The van der Waals surface area contributed by atoms with Crippen molar-refractivity contribution in [2.45, 2.75) is 19.4 Å². The number of rotatable bonds is 6. The van der Waals surface area contributed by atoms with Gasteiger partial charge in [0.05, 0.1) is 6.54 Å². The number of nitrogens with zero attached hydrogens (tertiary/aromatic N) is 2. The fourth-order valence-electron chi connectivity index (χ4n) is 0.966. The monoisotopic (exact) mass is 199 g/mol. The van der Waals surface area contributed by atoms with Crippen LogP contribution in [0.3, 0.4) is 0 Å². The van der Waals surface area contributed by atoms with Crippen molar-refractivity contribution in [2.24, 2.45) is 0 Å². The van der Waals surface area contributed by atoms with Gasteiger partial charge in [0.25, 0.3) is 0 Å². The first-order valence-electron chi connectivity index (χ1n) is 4.46. The summed E-state index contributed by atoms with van der Waals surface area (Å²) in [6.45, 7) is 1.72. The third-order valence-corrected chi connectivity index (χ3v) is 1.91. The van der Waals surface area contributed by atoms with Gasteiger partial charge in [-0.1, -0.05) is 0 Å². The van der Waals surface area contributed by atoms with Crippen LogP contribution in [-0.2, 0) is 6.54 Å². The van der Waals surface area contributed by atoms with Crippen LogP contribution in [0.5, 0.6) is 0 Å². The molecule has 1 rings (SSSR count). The fraction of sp³-hybridized carbons (Fsp3) is 0.556. The number of halogens is 1. The zero-order valence-corrected chi connectivity index (χ0v) is 8.30. The van der Waals surface area contributed by atoms with Crippen molar-refractivity contribution in [2.75, 3.05) is 12.4 Å². The quantitative estimate of drug-likeness (QED) is 0.559. The minimum absolute atomic E-state index is 0.739. The van der Waals surface area contributed by atoms with Gasteiger partial charge in [-0.25, -0.2) is 9.97 Å². The van der Waals surface area contributed by atoms with Crippen molar-refractivity contribution in [3.63, 3.8) is 0 Å². The lowest BCUT2D eigenvalue weighted by molar-refractivity contribution is 0.624. The van der Waals surface area contributed by atoms with E-state index in [9.17, 15) is 0 Å². The molecule has 13 heavy (non-hydrogen) atoms. The molecule has 1 N–H and O–H groups in total. The molecule has 0 amide bonds. The summed E-state index contributed by atoms with van der Waals surface area (Å²) < 4.78 is 0. The van der Waals surface area contributed by atoms with E-state index in [0.717, 1.165) is 37.6 Å². The average molecular weight is 200 g/mol. The van der Waals surface area contributed by atoms with Gasteiger partial charge in [0.2, 0.25) is 0 Å². The molecule has 0 aliphatic rings. The molecule has 4 heteroatoms. The van der Waals surface area contributed by atoms with Crippen LogP contribution in [0.4, 0.5) is 0 Å². The van der Waals surface area contributed by atoms with Gasteiger partial charge < -0.3 is 5.32 Å². The van der Waals surface area contributed by atoms with E-state index in [4.69, 9.17) is 11.6 Å². The molecule has 1 aromatic heterocycles. The maximum Gasteiger partial charge on any atom is 0.141 e. The maximum atomic E-state index is 5.54. The van der Waals surface area contributed by atoms with E-state index in [1.165, 1.54) is 0 Å². The van der Waals surface area contributed by atoms with Gasteiger partial charge in [-0.05, 0) is 25.5 Å². The SMILES string of the molecule is ClCCCCNCc1ncccn1. The standard InChI is InChI=1S/C9H14ClN3/c10-4-1-2-5-11-8-9-12-6-3-7-13-9/h3,6-7,11H,1-2,4-5,8H2. The first-order chi connectivity index (χ1) is 6.43. The molecule has 72 valence electrons. The van der Waals surface area contributed by atoms with E-state index in [1.807, 2.05) is 6.07 Å². The molecule has 0 aromatic carbocycles. The molecule has 0 radical (unpaired) electrons. The Morgan fingerprint density at radius 1 is 1.23 bits per heavy atom. The van der Waals surface area contributed by atoms with Crippen molar-refractivity contribution in [3.05, 3.63) is 24.3 Å². The van der Waals surface area contributed by atoms with Crippen LogP contribution in [0.25, 0.3) is 0 Å². The largest absolute Gasteiger partial charge is 0.310 e. The summed E-state index contributed by atoms with van der Waals surface area (Å²) in [4.78, 5) is 8.19. The molecule has 0 aliphatic heterocycles. The second-order valence-electron chi connectivity index (χ2n) is 2.74. The van der Waals surface area contributed by atoms with Crippen LogP contribution in [0.15, 0.2) is 18.5 Å². The van der Waals surface area contributed by atoms with E-state index in [2.05, 4.69) is 15.3 Å². The maximum absolute atomic E-state index is 5.54. The van der Waals surface area contributed by atoms with E-state index < -0.39 is 0 Å². The zero-order valence-electron chi connectivity index (χ0n) is 7.54. The summed E-state index contributed by atoms with van der Waals surface area (Å²) in [6, 6.07) is 1.82. The van der Waals surface area contributed by atoms with E-state index in [-0.39, 0.29) is 0 Å². The Bertz CT molecular complexity index is 215. The van der Waals surface area contributed by atoms with Crippen molar-refractivity contribution >= 4 is 11.6 Å². The number of aromatic nitrogens is 2. The van der Waals surface area contributed by atoms with Gasteiger partial charge in [0.15, 0.2) is 0 Å². The Morgan fingerprint density at radius 3 is 2.69 bits per heavy atom. The highest BCUT2D eigenvalue weighted by atomic mass is 35.5. The molecule has 0 bridgehead atoms. The average Bonchev–Trinajstić information content (AvgIpc) is 2.19. The van der Waals surface area contributed by atoms with Gasteiger partial charge in [0.1, 0.15) is 5.82 Å². The molecular weight excluding hydrogens is 186 g/mol. The predicted octanol–water partition coefficient (Wildman–Crippen LogP) is 1.59. The molecule has 1 heterocycles. The summed E-state index contributed by atoms with van der Waals surface area (Å²) >= 11 is 5.54. The fourth-order valence-corrected chi connectivity index (χ4v) is 1.15. The third-order valence-electron chi connectivity index (χ3n) is 1.64. The Morgan fingerprint density at radius 2 is 2.00 bits per heavy atom. The molecule has 1 aromatic rings. The normalized spacial score (nSPS) is 10.2. The van der Waals surface area contributed by atoms with Crippen molar-refractivity contribution < 1.29 is 0 Å². The van der Waals surface area contributed by atoms with Crippen LogP contribution in [-0.4, -0.2) is 22.4 Å². The summed E-state index contributed by atoms with van der Waals surface area (Å²) in [5, 5.41) is 3.25. The second-order valence-corrected chi connectivity index (χ2v) is 3.12. The van der Waals surface area contributed by atoms with E-state index in [0.29, 0.717) is 0 Å². The Labute approximate surface area is 83.5 Å². The molecule has 0 spiro atoms. The lowest BCUT2D eigenvalue weighted by Gasteiger charge is -2.01. The number of hydrogen-bond acceptors (Lipinski definition) is 3. The first-order valence-corrected chi connectivity index (χ1v) is 4.99. The van der Waals surface area contributed by atoms with Crippen LogP contribution >= 0.6 is 11.6 Å². The molecular formula is C9H14ClN3. The minimum atomic E-state index is 0.739. The first kappa shape index (κ1) is 10.4. The third kappa shape index (κ3) is 4.80. The van der Waals surface area contributed by atoms with Crippen LogP contribution in [0.1, 0.15) is 18.7 Å². The van der Waals surface area contributed by atoms with E-state index in [1.54, 1.807) is 12.4 Å². The number of unbranched alkanes of at least 4 members (excludes halogenated alkanes) is 1. The van der Waals surface area contributed by atoms with Gasteiger partial charge in [0, 0.05) is 18.3 Å². The topological polar surface area (TPSA) is 37.8 Å². The Hall–Kier alpha value is -0.670. The molecule has 0 aliphatic carbocycles. The molecule has 0 unspecified atom stereocenters. The number of nitrogens with one attached hydrogen (secondary N) is 1. The minimum Gasteiger partial charge on any atom is -0.310 e. The van der Waals surface area contributed by atoms with Crippen LogP contribution < -0.4 is 5.32 Å². The summed E-state index contributed by atoms with van der Waals surface area (Å²) in [5.41, 5.74) is 0. The highest BCUT2D eigenvalue weighted by Gasteiger charge is 1.92. The van der Waals surface area contributed by atoms with Crippen molar-refractivity contribution in [1.82, 2.24) is 15.3 Å². The van der Waals surface area contributed by atoms with Gasteiger partial charge in [-0.15, -0.1) is 11.6 Å². The molecule has 0 fully saturated rings. The molecule has 0 saturated heterocycles. The highest BCUT2D eigenvalue weighted by molar-refractivity contribution is 6.17. The van der Waals surface area contributed by atoms with Crippen LogP contribution in [0, 0.1) is 0 Å². The zero-order chi connectivity index (χ0) is 9.36. The highest BCUT2D eigenvalue weighted by Crippen LogP contribution is 1.91. The van der Waals surface area contributed by atoms with Gasteiger partial charge in [-0.2, -0.15) is 0 Å². The Balaban J connectivity index is 2.07. The smallest absolute Gasteiger partial charge is 0.141 e. The number of hydrogen-bond donors (Lipinski definition) is 1. The summed E-state index contributed by atoms with van der Waals surface area (Å²) in [5.74, 6) is 1.58. The van der Waals surface area contributed by atoms with E-state index >= 15 is 0 Å². The lowest BCUT2D eigenvalue weighted by Crippen LogP contribution is -2.16.